The maximum Gasteiger partial charge on any atom is 0.225 e. The van der Waals surface area contributed by atoms with E-state index in [1.54, 1.807) is 42.0 Å². The molecule has 2 aromatic rings. The van der Waals surface area contributed by atoms with Gasteiger partial charge in [0, 0.05) is 29.3 Å². The standard InChI is InChI=1S/C18H20N2O3S2/c1-5-20(12(2)21)18-19-14(11-25-18)7-8-15(22)13-6-9-17(24-4)16(10-13)23-3/h6-11H,5H2,1-4H3/b8-7+. The van der Waals surface area contributed by atoms with Crippen LogP contribution in [0, 0.1) is 0 Å². The monoisotopic (exact) mass is 376 g/mol. The first kappa shape index (κ1) is 19.2. The van der Waals surface area contributed by atoms with Crippen molar-refractivity contribution in [2.45, 2.75) is 18.7 Å². The van der Waals surface area contributed by atoms with E-state index in [0.29, 0.717) is 28.7 Å². The van der Waals surface area contributed by atoms with E-state index in [-0.39, 0.29) is 11.7 Å². The SMILES string of the molecule is CCN(C(C)=O)c1nc(/C=C/C(=O)c2ccc(SC)c(OC)c2)cs1. The van der Waals surface area contributed by atoms with E-state index in [1.807, 2.05) is 24.6 Å². The third-order valence-corrected chi connectivity index (χ3v) is 5.17. The molecule has 0 atom stereocenters. The van der Waals surface area contributed by atoms with Gasteiger partial charge in [0.15, 0.2) is 10.9 Å². The van der Waals surface area contributed by atoms with Crippen LogP contribution in [0.2, 0.25) is 0 Å². The number of thiazole rings is 1. The summed E-state index contributed by atoms with van der Waals surface area (Å²) in [5.74, 6) is 0.506. The molecule has 0 unspecified atom stereocenters. The van der Waals surface area contributed by atoms with Gasteiger partial charge in [0.05, 0.1) is 12.8 Å². The Morgan fingerprint density at radius 2 is 2.16 bits per heavy atom. The van der Waals surface area contributed by atoms with Crippen LogP contribution in [0.15, 0.2) is 34.6 Å². The molecule has 0 radical (unpaired) electrons. The van der Waals surface area contributed by atoms with Crippen LogP contribution in [0.4, 0.5) is 5.13 Å². The first-order chi connectivity index (χ1) is 12.0. The lowest BCUT2D eigenvalue weighted by Crippen LogP contribution is -2.27. The third-order valence-electron chi connectivity index (χ3n) is 3.51. The molecule has 1 aromatic carbocycles. The molecule has 0 aliphatic heterocycles. The van der Waals surface area contributed by atoms with Crippen LogP contribution in [0.1, 0.15) is 29.9 Å². The van der Waals surface area contributed by atoms with Crippen molar-refractivity contribution in [2.24, 2.45) is 0 Å². The van der Waals surface area contributed by atoms with Crippen LogP contribution in [0.3, 0.4) is 0 Å². The quantitative estimate of drug-likeness (QED) is 0.413. The van der Waals surface area contributed by atoms with Gasteiger partial charge < -0.3 is 4.74 Å². The first-order valence-electron chi connectivity index (χ1n) is 7.68. The summed E-state index contributed by atoms with van der Waals surface area (Å²) in [7, 11) is 1.59. The normalized spacial score (nSPS) is 10.9. The summed E-state index contributed by atoms with van der Waals surface area (Å²) >= 11 is 2.94. The number of rotatable bonds is 7. The fourth-order valence-electron chi connectivity index (χ4n) is 2.22. The van der Waals surface area contributed by atoms with E-state index < -0.39 is 0 Å². The van der Waals surface area contributed by atoms with Gasteiger partial charge >= 0.3 is 0 Å². The Morgan fingerprint density at radius 1 is 1.40 bits per heavy atom. The zero-order valence-electron chi connectivity index (χ0n) is 14.6. The molecule has 1 amide bonds. The first-order valence-corrected chi connectivity index (χ1v) is 9.78. The van der Waals surface area contributed by atoms with Crippen molar-refractivity contribution in [3.05, 3.63) is 40.9 Å². The molecular formula is C18H20N2O3S2. The third kappa shape index (κ3) is 4.70. The number of benzene rings is 1. The molecule has 0 saturated heterocycles. The van der Waals surface area contributed by atoms with Crippen LogP contribution in [-0.2, 0) is 4.79 Å². The van der Waals surface area contributed by atoms with Crippen LogP contribution >= 0.6 is 23.1 Å². The Labute approximate surface area is 155 Å². The molecule has 0 aliphatic carbocycles. The zero-order valence-corrected chi connectivity index (χ0v) is 16.2. The minimum absolute atomic E-state index is 0.0514. The van der Waals surface area contributed by atoms with Gasteiger partial charge in [0.1, 0.15) is 5.75 Å². The van der Waals surface area contributed by atoms with Crippen LogP contribution in [-0.4, -0.2) is 36.6 Å². The van der Waals surface area contributed by atoms with Crippen molar-refractivity contribution in [3.63, 3.8) is 0 Å². The highest BCUT2D eigenvalue weighted by Crippen LogP contribution is 2.28. The van der Waals surface area contributed by atoms with Gasteiger partial charge in [-0.1, -0.05) is 0 Å². The minimum atomic E-state index is -0.126. The fourth-order valence-corrected chi connectivity index (χ4v) is 3.66. The summed E-state index contributed by atoms with van der Waals surface area (Å²) in [6, 6.07) is 5.39. The Kier molecular flexibility index (Phi) is 6.78. The summed E-state index contributed by atoms with van der Waals surface area (Å²) in [4.78, 5) is 30.9. The lowest BCUT2D eigenvalue weighted by atomic mass is 10.1. The molecule has 1 heterocycles. The highest BCUT2D eigenvalue weighted by Gasteiger charge is 2.13. The number of anilines is 1. The second kappa shape index (κ2) is 8.82. The molecule has 0 saturated carbocycles. The maximum atomic E-state index is 12.4. The Balaban J connectivity index is 2.15. The van der Waals surface area contributed by atoms with Crippen molar-refractivity contribution in [1.29, 1.82) is 0 Å². The fraction of sp³-hybridized carbons (Fsp3) is 0.278. The van der Waals surface area contributed by atoms with Gasteiger partial charge in [-0.25, -0.2) is 4.98 Å². The van der Waals surface area contributed by atoms with Crippen molar-refractivity contribution in [3.8, 4) is 5.75 Å². The van der Waals surface area contributed by atoms with Crippen LogP contribution in [0.25, 0.3) is 6.08 Å². The van der Waals surface area contributed by atoms with Crippen LogP contribution < -0.4 is 9.64 Å². The Bertz CT molecular complexity index is 799. The van der Waals surface area contributed by atoms with Gasteiger partial charge in [-0.3, -0.25) is 14.5 Å². The van der Waals surface area contributed by atoms with Gasteiger partial charge in [-0.2, -0.15) is 0 Å². The lowest BCUT2D eigenvalue weighted by molar-refractivity contribution is -0.116. The predicted octanol–water partition coefficient (Wildman–Crippen LogP) is 4.14. The second-order valence-electron chi connectivity index (χ2n) is 5.09. The molecule has 0 aliphatic rings. The lowest BCUT2D eigenvalue weighted by Gasteiger charge is -2.14. The number of aromatic nitrogens is 1. The highest BCUT2D eigenvalue weighted by atomic mass is 32.2. The average molecular weight is 377 g/mol. The van der Waals surface area contributed by atoms with Crippen molar-refractivity contribution in [2.75, 3.05) is 24.8 Å². The molecule has 1 aromatic heterocycles. The van der Waals surface area contributed by atoms with Crippen molar-refractivity contribution < 1.29 is 14.3 Å². The predicted molar refractivity (Wildman–Crippen MR) is 104 cm³/mol. The van der Waals surface area contributed by atoms with Gasteiger partial charge in [0.25, 0.3) is 0 Å². The molecule has 25 heavy (non-hydrogen) atoms. The van der Waals surface area contributed by atoms with E-state index >= 15 is 0 Å². The number of methoxy groups -OCH3 is 1. The molecule has 0 spiro atoms. The van der Waals surface area contributed by atoms with E-state index in [2.05, 4.69) is 4.98 Å². The van der Waals surface area contributed by atoms with E-state index in [4.69, 9.17) is 4.74 Å². The topological polar surface area (TPSA) is 59.5 Å². The summed E-state index contributed by atoms with van der Waals surface area (Å²) in [6.07, 6.45) is 5.10. The number of allylic oxidation sites excluding steroid dienone is 1. The van der Waals surface area contributed by atoms with E-state index in [1.165, 1.54) is 24.3 Å². The number of carbonyl (C=O) groups excluding carboxylic acids is 2. The summed E-state index contributed by atoms with van der Waals surface area (Å²) in [5.41, 5.74) is 1.21. The largest absolute Gasteiger partial charge is 0.496 e. The summed E-state index contributed by atoms with van der Waals surface area (Å²) in [6.45, 7) is 3.97. The Hall–Kier alpha value is -2.12. The van der Waals surface area contributed by atoms with Crippen LogP contribution in [0.5, 0.6) is 5.75 Å². The number of carbonyl (C=O) groups is 2. The number of thioether (sulfide) groups is 1. The number of nitrogens with zero attached hydrogens (tertiary/aromatic N) is 2. The smallest absolute Gasteiger partial charge is 0.225 e. The average Bonchev–Trinajstić information content (AvgIpc) is 3.07. The minimum Gasteiger partial charge on any atom is -0.496 e. The Morgan fingerprint density at radius 3 is 2.76 bits per heavy atom. The number of ether oxygens (including phenoxy) is 1. The molecule has 2 rings (SSSR count). The molecule has 0 N–H and O–H groups in total. The van der Waals surface area contributed by atoms with E-state index in [9.17, 15) is 9.59 Å². The molecule has 0 fully saturated rings. The molecule has 5 nitrogen and oxygen atoms in total. The summed E-state index contributed by atoms with van der Waals surface area (Å²) in [5, 5.41) is 2.45. The van der Waals surface area contributed by atoms with Crippen molar-refractivity contribution >= 4 is 46.0 Å². The van der Waals surface area contributed by atoms with Gasteiger partial charge in [0.2, 0.25) is 5.91 Å². The molecule has 7 heteroatoms. The molecule has 132 valence electrons. The number of ketones is 1. The molecular weight excluding hydrogens is 356 g/mol. The van der Waals surface area contributed by atoms with Gasteiger partial charge in [-0.05, 0) is 43.5 Å². The highest BCUT2D eigenvalue weighted by molar-refractivity contribution is 7.98. The van der Waals surface area contributed by atoms with Crippen molar-refractivity contribution in [1.82, 2.24) is 4.98 Å². The number of hydrogen-bond donors (Lipinski definition) is 0. The number of amides is 1. The van der Waals surface area contributed by atoms with E-state index in [0.717, 1.165) is 4.90 Å². The zero-order chi connectivity index (χ0) is 18.4. The van der Waals surface area contributed by atoms with Gasteiger partial charge in [-0.15, -0.1) is 23.1 Å². The second-order valence-corrected chi connectivity index (χ2v) is 6.77. The molecule has 0 bridgehead atoms. The number of hydrogen-bond acceptors (Lipinski definition) is 6. The summed E-state index contributed by atoms with van der Waals surface area (Å²) < 4.78 is 5.31. The maximum absolute atomic E-state index is 12.4.